The maximum atomic E-state index is 13.7. The first-order chi connectivity index (χ1) is 15.4. The summed E-state index contributed by atoms with van der Waals surface area (Å²) in [4.78, 5) is 28.2. The molecule has 1 aliphatic carbocycles. The van der Waals surface area contributed by atoms with Crippen LogP contribution in [0.5, 0.6) is 5.75 Å². The summed E-state index contributed by atoms with van der Waals surface area (Å²) < 4.78 is 5.47. The molecule has 2 aliphatic rings. The number of nitrogens with zero attached hydrogens (tertiary/aromatic N) is 1. The molecule has 2 fully saturated rings. The topological polar surface area (TPSA) is 58.6 Å². The second kappa shape index (κ2) is 9.19. The van der Waals surface area contributed by atoms with Gasteiger partial charge >= 0.3 is 0 Å². The van der Waals surface area contributed by atoms with Crippen molar-refractivity contribution in [3.63, 3.8) is 0 Å². The van der Waals surface area contributed by atoms with Crippen LogP contribution >= 0.6 is 0 Å². The highest BCUT2D eigenvalue weighted by Gasteiger charge is 2.56. The number of anilines is 1. The molecule has 5 heteroatoms. The number of amides is 2. The fourth-order valence-electron chi connectivity index (χ4n) is 4.74. The number of ether oxygens (including phenoxy) is 1. The summed E-state index contributed by atoms with van der Waals surface area (Å²) in [6.07, 6.45) is 9.41. The van der Waals surface area contributed by atoms with Crippen LogP contribution in [-0.4, -0.2) is 30.5 Å². The van der Waals surface area contributed by atoms with E-state index < -0.39 is 5.54 Å². The number of β-lactam (4-membered cyclic amide) rings is 1. The summed E-state index contributed by atoms with van der Waals surface area (Å²) in [6.45, 7) is 4.07. The van der Waals surface area contributed by atoms with Gasteiger partial charge in [0.25, 0.3) is 5.91 Å². The molecule has 4 rings (SSSR count). The molecule has 0 spiro atoms. The molecule has 32 heavy (non-hydrogen) atoms. The van der Waals surface area contributed by atoms with Crippen LogP contribution in [0.3, 0.4) is 0 Å². The van der Waals surface area contributed by atoms with Crippen LogP contribution in [0.25, 0.3) is 6.08 Å². The molecule has 0 radical (unpaired) electrons. The Balaban J connectivity index is 1.71. The maximum Gasteiger partial charge on any atom is 0.251 e. The summed E-state index contributed by atoms with van der Waals surface area (Å²) in [7, 11) is 1.63. The summed E-state index contributed by atoms with van der Waals surface area (Å²) >= 11 is 0. The minimum atomic E-state index is -1.04. The van der Waals surface area contributed by atoms with Crippen LogP contribution in [0, 0.1) is 13.8 Å². The minimum Gasteiger partial charge on any atom is -0.496 e. The molecule has 1 unspecified atom stereocenters. The molecule has 2 aromatic rings. The number of benzene rings is 2. The van der Waals surface area contributed by atoms with E-state index >= 15 is 0 Å². The first-order valence-electron chi connectivity index (χ1n) is 11.5. The molecular formula is C27H32N2O3. The van der Waals surface area contributed by atoms with Crippen LogP contribution in [0.1, 0.15) is 55.2 Å². The second-order valence-electron chi connectivity index (χ2n) is 8.98. The van der Waals surface area contributed by atoms with E-state index in [0.29, 0.717) is 0 Å². The zero-order valence-electron chi connectivity index (χ0n) is 19.2. The summed E-state index contributed by atoms with van der Waals surface area (Å²) in [5, 5.41) is 3.26. The third kappa shape index (κ3) is 4.16. The van der Waals surface area contributed by atoms with Crippen LogP contribution in [0.15, 0.2) is 48.5 Å². The van der Waals surface area contributed by atoms with Crippen LogP contribution < -0.4 is 15.0 Å². The molecule has 1 aliphatic heterocycles. The average molecular weight is 433 g/mol. The Hall–Kier alpha value is -3.08. The van der Waals surface area contributed by atoms with E-state index in [1.165, 1.54) is 6.42 Å². The molecule has 2 aromatic carbocycles. The lowest BCUT2D eigenvalue weighted by Crippen LogP contribution is -2.70. The largest absolute Gasteiger partial charge is 0.496 e. The van der Waals surface area contributed by atoms with Gasteiger partial charge in [-0.1, -0.05) is 49.6 Å². The zero-order valence-corrected chi connectivity index (χ0v) is 19.2. The monoisotopic (exact) mass is 432 g/mol. The molecule has 0 bridgehead atoms. The highest BCUT2D eigenvalue weighted by atomic mass is 16.5. The molecular weight excluding hydrogens is 400 g/mol. The van der Waals surface area contributed by atoms with Gasteiger partial charge < -0.3 is 10.1 Å². The lowest BCUT2D eigenvalue weighted by Gasteiger charge is -2.49. The van der Waals surface area contributed by atoms with E-state index in [-0.39, 0.29) is 24.3 Å². The Bertz CT molecular complexity index is 1040. The Morgan fingerprint density at radius 1 is 1.09 bits per heavy atom. The minimum absolute atomic E-state index is 0.0447. The first kappa shape index (κ1) is 22.1. The second-order valence-corrected chi connectivity index (χ2v) is 8.98. The van der Waals surface area contributed by atoms with E-state index in [1.807, 2.05) is 68.5 Å². The van der Waals surface area contributed by atoms with Gasteiger partial charge in [-0.05, 0) is 62.1 Å². The van der Waals surface area contributed by atoms with Crippen molar-refractivity contribution >= 4 is 23.6 Å². The molecule has 1 saturated carbocycles. The number of para-hydroxylation sites is 1. The SMILES string of the molecule is COc1ccccc1C=CC1(C(=O)NC2CCCCC2)CC(=O)N1c1ccc(C)c(C)c1. The van der Waals surface area contributed by atoms with Crippen molar-refractivity contribution in [3.8, 4) is 5.75 Å². The highest BCUT2D eigenvalue weighted by molar-refractivity contribution is 6.15. The van der Waals surface area contributed by atoms with Crippen molar-refractivity contribution in [3.05, 3.63) is 65.2 Å². The predicted octanol–water partition coefficient (Wildman–Crippen LogP) is 4.95. The molecule has 5 nitrogen and oxygen atoms in total. The fraction of sp³-hybridized carbons (Fsp3) is 0.407. The number of carbonyl (C=O) groups is 2. The zero-order chi connectivity index (χ0) is 22.7. The van der Waals surface area contributed by atoms with E-state index in [0.717, 1.165) is 53.8 Å². The lowest BCUT2D eigenvalue weighted by atomic mass is 9.80. The average Bonchev–Trinajstić information content (AvgIpc) is 2.79. The van der Waals surface area contributed by atoms with Gasteiger partial charge in [0.05, 0.1) is 13.5 Å². The van der Waals surface area contributed by atoms with Gasteiger partial charge in [0.2, 0.25) is 5.91 Å². The van der Waals surface area contributed by atoms with E-state index in [4.69, 9.17) is 4.74 Å². The van der Waals surface area contributed by atoms with Crippen LogP contribution in [0.2, 0.25) is 0 Å². The standard InChI is InChI=1S/C27H32N2O3/c1-19-13-14-23(17-20(19)2)29-25(30)18-27(29,26(31)28-22-10-5-4-6-11-22)16-15-21-9-7-8-12-24(21)32-3/h7-9,12-17,22H,4-6,10-11,18H2,1-3H3,(H,28,31). The molecule has 1 heterocycles. The van der Waals surface area contributed by atoms with Gasteiger partial charge in [-0.2, -0.15) is 0 Å². The quantitative estimate of drug-likeness (QED) is 0.657. The number of aryl methyl sites for hydroxylation is 2. The highest BCUT2D eigenvalue weighted by Crippen LogP contribution is 2.40. The molecule has 2 amide bonds. The first-order valence-corrected chi connectivity index (χ1v) is 11.5. The number of methoxy groups -OCH3 is 1. The van der Waals surface area contributed by atoms with Crippen molar-refractivity contribution in [2.75, 3.05) is 12.0 Å². The fourth-order valence-corrected chi connectivity index (χ4v) is 4.74. The number of hydrogen-bond acceptors (Lipinski definition) is 3. The van der Waals surface area contributed by atoms with Crippen LogP contribution in [-0.2, 0) is 9.59 Å². The Morgan fingerprint density at radius 3 is 2.53 bits per heavy atom. The number of nitrogens with one attached hydrogen (secondary N) is 1. The molecule has 1 N–H and O–H groups in total. The summed E-state index contributed by atoms with van der Waals surface area (Å²) in [5.41, 5.74) is 2.84. The van der Waals surface area contributed by atoms with E-state index in [9.17, 15) is 9.59 Å². The summed E-state index contributed by atoms with van der Waals surface area (Å²) in [6, 6.07) is 13.8. The Morgan fingerprint density at radius 2 is 1.84 bits per heavy atom. The van der Waals surface area contributed by atoms with Crippen molar-refractivity contribution in [2.45, 2.75) is 64.0 Å². The number of rotatable bonds is 6. The Kier molecular flexibility index (Phi) is 6.35. The molecule has 168 valence electrons. The van der Waals surface area contributed by atoms with Crippen molar-refractivity contribution < 1.29 is 14.3 Å². The van der Waals surface area contributed by atoms with Gasteiger partial charge in [-0.15, -0.1) is 0 Å². The Labute approximate surface area is 190 Å². The molecule has 1 saturated heterocycles. The molecule has 1 atom stereocenters. The lowest BCUT2D eigenvalue weighted by molar-refractivity contribution is -0.137. The van der Waals surface area contributed by atoms with Crippen molar-refractivity contribution in [1.29, 1.82) is 0 Å². The smallest absolute Gasteiger partial charge is 0.251 e. The van der Waals surface area contributed by atoms with Gasteiger partial charge in [-0.3, -0.25) is 14.5 Å². The van der Waals surface area contributed by atoms with Gasteiger partial charge in [0.1, 0.15) is 5.75 Å². The summed E-state index contributed by atoms with van der Waals surface area (Å²) in [5.74, 6) is 0.583. The maximum absolute atomic E-state index is 13.7. The van der Waals surface area contributed by atoms with Gasteiger partial charge in [0, 0.05) is 17.3 Å². The van der Waals surface area contributed by atoms with Gasteiger partial charge in [-0.25, -0.2) is 0 Å². The van der Waals surface area contributed by atoms with Crippen LogP contribution in [0.4, 0.5) is 5.69 Å². The third-order valence-electron chi connectivity index (χ3n) is 6.83. The predicted molar refractivity (Wildman–Crippen MR) is 128 cm³/mol. The van der Waals surface area contributed by atoms with E-state index in [2.05, 4.69) is 5.32 Å². The number of hydrogen-bond donors (Lipinski definition) is 1. The number of carbonyl (C=O) groups excluding carboxylic acids is 2. The van der Waals surface area contributed by atoms with Crippen molar-refractivity contribution in [2.24, 2.45) is 0 Å². The van der Waals surface area contributed by atoms with Crippen molar-refractivity contribution in [1.82, 2.24) is 5.32 Å². The van der Waals surface area contributed by atoms with Gasteiger partial charge in [0.15, 0.2) is 5.54 Å². The normalized spacial score (nSPS) is 21.5. The third-order valence-corrected chi connectivity index (χ3v) is 6.83. The van der Waals surface area contributed by atoms with E-state index in [1.54, 1.807) is 12.0 Å². The molecule has 0 aromatic heterocycles.